The maximum Gasteiger partial charge on any atom is 0.333 e. The first-order valence-electron chi connectivity index (χ1n) is 8.45. The van der Waals surface area contributed by atoms with Crippen LogP contribution in [0.3, 0.4) is 0 Å². The molecule has 0 aromatic rings. The quantitative estimate of drug-likeness (QED) is 0.526. The Balaban J connectivity index is 1.76. The Bertz CT molecular complexity index is 517. The number of carbonyl (C=O) groups is 2. The molecule has 0 aliphatic heterocycles. The van der Waals surface area contributed by atoms with Crippen molar-refractivity contribution in [2.24, 2.45) is 11.8 Å². The average Bonchev–Trinajstić information content (AvgIpc) is 3.06. The highest BCUT2D eigenvalue weighted by Gasteiger charge is 2.41. The number of carbonyl (C=O) groups excluding carboxylic acids is 2. The number of esters is 2. The molecule has 4 nitrogen and oxygen atoms in total. The van der Waals surface area contributed by atoms with Crippen LogP contribution < -0.4 is 0 Å². The zero-order chi connectivity index (χ0) is 17.2. The van der Waals surface area contributed by atoms with Gasteiger partial charge in [-0.2, -0.15) is 0 Å². The first-order chi connectivity index (χ1) is 10.7. The van der Waals surface area contributed by atoms with Gasteiger partial charge in [0, 0.05) is 11.1 Å². The molecule has 0 spiro atoms. The molecule has 2 bridgehead atoms. The van der Waals surface area contributed by atoms with Gasteiger partial charge in [0.2, 0.25) is 0 Å². The second kappa shape index (κ2) is 6.90. The molecule has 2 rings (SSSR count). The van der Waals surface area contributed by atoms with Crippen LogP contribution in [0.2, 0.25) is 0 Å². The van der Waals surface area contributed by atoms with E-state index in [-0.39, 0.29) is 12.1 Å². The van der Waals surface area contributed by atoms with Crippen molar-refractivity contribution in [3.63, 3.8) is 0 Å². The van der Waals surface area contributed by atoms with Crippen molar-refractivity contribution in [3.05, 3.63) is 24.3 Å². The number of hydrogen-bond donors (Lipinski definition) is 0. The molecule has 3 unspecified atom stereocenters. The smallest absolute Gasteiger partial charge is 0.333 e. The predicted octanol–water partition coefficient (Wildman–Crippen LogP) is 3.95. The van der Waals surface area contributed by atoms with Gasteiger partial charge in [-0.15, -0.1) is 0 Å². The molecule has 4 heteroatoms. The summed E-state index contributed by atoms with van der Waals surface area (Å²) in [5.74, 6) is 0.575. The molecule has 2 aliphatic rings. The molecule has 23 heavy (non-hydrogen) atoms. The molecule has 128 valence electrons. The topological polar surface area (TPSA) is 52.6 Å². The minimum atomic E-state index is -0.661. The highest BCUT2D eigenvalue weighted by molar-refractivity contribution is 5.88. The highest BCUT2D eigenvalue weighted by atomic mass is 16.6. The standard InChI is InChI=1S/C19H28O4/c1-12(2)17(20)23-19(4,5)9-8-13(3)18(21)22-16-11-14-6-7-15(16)10-14/h14-16H,1,3,6-11H2,2,4-5H3. The van der Waals surface area contributed by atoms with E-state index in [4.69, 9.17) is 9.47 Å². The van der Waals surface area contributed by atoms with Crippen LogP contribution in [-0.2, 0) is 19.1 Å². The van der Waals surface area contributed by atoms with Gasteiger partial charge in [-0.3, -0.25) is 0 Å². The van der Waals surface area contributed by atoms with Crippen molar-refractivity contribution in [1.29, 1.82) is 0 Å². The van der Waals surface area contributed by atoms with Crippen LogP contribution in [-0.4, -0.2) is 23.6 Å². The van der Waals surface area contributed by atoms with Crippen molar-refractivity contribution >= 4 is 11.9 Å². The fourth-order valence-electron chi connectivity index (χ4n) is 3.49. The summed E-state index contributed by atoms with van der Waals surface area (Å²) in [6.07, 6.45) is 5.72. The fourth-order valence-corrected chi connectivity index (χ4v) is 3.49. The summed E-state index contributed by atoms with van der Waals surface area (Å²) in [6.45, 7) is 12.7. The lowest BCUT2D eigenvalue weighted by Gasteiger charge is -2.26. The summed E-state index contributed by atoms with van der Waals surface area (Å²) in [7, 11) is 0. The van der Waals surface area contributed by atoms with Crippen LogP contribution in [0.5, 0.6) is 0 Å². The fraction of sp³-hybridized carbons (Fsp3) is 0.684. The highest BCUT2D eigenvalue weighted by Crippen LogP contribution is 2.46. The van der Waals surface area contributed by atoms with E-state index < -0.39 is 11.6 Å². The Morgan fingerprint density at radius 1 is 1.13 bits per heavy atom. The van der Waals surface area contributed by atoms with E-state index in [0.29, 0.717) is 29.9 Å². The second-order valence-electron chi connectivity index (χ2n) is 7.65. The van der Waals surface area contributed by atoms with Gasteiger partial charge in [-0.25, -0.2) is 9.59 Å². The van der Waals surface area contributed by atoms with E-state index in [2.05, 4.69) is 13.2 Å². The Kier molecular flexibility index (Phi) is 5.33. The number of fused-ring (bicyclic) bond motifs is 2. The SMILES string of the molecule is C=C(C)C(=O)OC(C)(C)CCC(=C)C(=O)OC1CC2CCC1C2. The summed E-state index contributed by atoms with van der Waals surface area (Å²) in [5.41, 5.74) is 0.158. The molecule has 0 heterocycles. The second-order valence-corrected chi connectivity index (χ2v) is 7.65. The summed E-state index contributed by atoms with van der Waals surface area (Å²) >= 11 is 0. The first-order valence-corrected chi connectivity index (χ1v) is 8.45. The molecule has 3 atom stereocenters. The van der Waals surface area contributed by atoms with E-state index in [0.717, 1.165) is 12.3 Å². The largest absolute Gasteiger partial charge is 0.459 e. The summed E-state index contributed by atoms with van der Waals surface area (Å²) in [6, 6.07) is 0. The summed E-state index contributed by atoms with van der Waals surface area (Å²) in [4.78, 5) is 23.8. The van der Waals surface area contributed by atoms with Gasteiger partial charge in [0.15, 0.2) is 0 Å². The van der Waals surface area contributed by atoms with Gasteiger partial charge < -0.3 is 9.47 Å². The molecule has 2 saturated carbocycles. The molecule has 0 radical (unpaired) electrons. The van der Waals surface area contributed by atoms with E-state index in [1.54, 1.807) is 6.92 Å². The minimum Gasteiger partial charge on any atom is -0.459 e. The Hall–Kier alpha value is -1.58. The van der Waals surface area contributed by atoms with Gasteiger partial charge in [-0.05, 0) is 71.1 Å². The molecule has 2 aliphatic carbocycles. The zero-order valence-electron chi connectivity index (χ0n) is 14.5. The van der Waals surface area contributed by atoms with Crippen LogP contribution >= 0.6 is 0 Å². The van der Waals surface area contributed by atoms with E-state index in [9.17, 15) is 9.59 Å². The van der Waals surface area contributed by atoms with Crippen LogP contribution in [0.25, 0.3) is 0 Å². The Labute approximate surface area is 138 Å². The third-order valence-electron chi connectivity index (χ3n) is 4.97. The number of hydrogen-bond acceptors (Lipinski definition) is 4. The van der Waals surface area contributed by atoms with Gasteiger partial charge in [0.1, 0.15) is 11.7 Å². The normalized spacial score (nSPS) is 26.0. The van der Waals surface area contributed by atoms with E-state index in [1.165, 1.54) is 19.3 Å². The minimum absolute atomic E-state index is 0.0762. The molecular formula is C19H28O4. The number of rotatable bonds is 7. The summed E-state index contributed by atoms with van der Waals surface area (Å²) < 4.78 is 11.0. The van der Waals surface area contributed by atoms with Crippen molar-refractivity contribution in [1.82, 2.24) is 0 Å². The van der Waals surface area contributed by atoms with Crippen molar-refractivity contribution in [3.8, 4) is 0 Å². The van der Waals surface area contributed by atoms with Gasteiger partial charge in [0.05, 0.1) is 0 Å². The maximum atomic E-state index is 12.2. The van der Waals surface area contributed by atoms with Crippen LogP contribution in [0, 0.1) is 11.8 Å². The van der Waals surface area contributed by atoms with Gasteiger partial charge in [-0.1, -0.05) is 13.2 Å². The zero-order valence-corrected chi connectivity index (χ0v) is 14.5. The third kappa shape index (κ3) is 4.69. The van der Waals surface area contributed by atoms with Crippen LogP contribution in [0.15, 0.2) is 24.3 Å². The molecule has 0 amide bonds. The summed E-state index contributed by atoms with van der Waals surface area (Å²) in [5, 5.41) is 0. The lowest BCUT2D eigenvalue weighted by molar-refractivity contribution is -0.152. The Morgan fingerprint density at radius 2 is 1.83 bits per heavy atom. The first kappa shape index (κ1) is 17.8. The van der Waals surface area contributed by atoms with Gasteiger partial charge >= 0.3 is 11.9 Å². The van der Waals surface area contributed by atoms with Crippen molar-refractivity contribution in [2.75, 3.05) is 0 Å². The van der Waals surface area contributed by atoms with Crippen molar-refractivity contribution in [2.45, 2.75) is 71.0 Å². The monoisotopic (exact) mass is 320 g/mol. The lowest BCUT2D eigenvalue weighted by atomic mass is 9.97. The Morgan fingerprint density at radius 3 is 2.35 bits per heavy atom. The third-order valence-corrected chi connectivity index (χ3v) is 4.97. The number of ether oxygens (including phenoxy) is 2. The van der Waals surface area contributed by atoms with E-state index >= 15 is 0 Å². The molecular weight excluding hydrogens is 292 g/mol. The molecule has 2 fully saturated rings. The molecule has 0 saturated heterocycles. The van der Waals surface area contributed by atoms with Gasteiger partial charge in [0.25, 0.3) is 0 Å². The van der Waals surface area contributed by atoms with E-state index in [1.807, 2.05) is 13.8 Å². The van der Waals surface area contributed by atoms with Crippen LogP contribution in [0.1, 0.15) is 59.3 Å². The molecule has 0 aromatic carbocycles. The lowest BCUT2D eigenvalue weighted by Crippen LogP contribution is -2.29. The molecule has 0 aromatic heterocycles. The van der Waals surface area contributed by atoms with Crippen LogP contribution in [0.4, 0.5) is 0 Å². The predicted molar refractivity (Wildman–Crippen MR) is 88.7 cm³/mol. The maximum absolute atomic E-state index is 12.2. The average molecular weight is 320 g/mol. The van der Waals surface area contributed by atoms with Crippen molar-refractivity contribution < 1.29 is 19.1 Å². The molecule has 0 N–H and O–H groups in total.